The summed E-state index contributed by atoms with van der Waals surface area (Å²) in [5, 5.41) is 2.84. The van der Waals surface area contributed by atoms with Crippen LogP contribution in [0.25, 0.3) is 21.3 Å². The third-order valence-electron chi connectivity index (χ3n) is 4.57. The summed E-state index contributed by atoms with van der Waals surface area (Å²) in [6.07, 6.45) is 7.66. The maximum Gasteiger partial charge on any atom is 0.262 e. The van der Waals surface area contributed by atoms with Gasteiger partial charge >= 0.3 is 0 Å². The van der Waals surface area contributed by atoms with Gasteiger partial charge in [0, 0.05) is 17.0 Å². The average Bonchev–Trinajstić information content (AvgIpc) is 3.02. The molecule has 0 bridgehead atoms. The number of rotatable bonds is 2. The van der Waals surface area contributed by atoms with Gasteiger partial charge in [-0.2, -0.15) is 0 Å². The first-order valence-electron chi connectivity index (χ1n) is 7.88. The van der Waals surface area contributed by atoms with E-state index in [4.69, 9.17) is 0 Å². The summed E-state index contributed by atoms with van der Waals surface area (Å²) in [5.41, 5.74) is 2.23. The number of hydrogen-bond acceptors (Lipinski definition) is 3. The quantitative estimate of drug-likeness (QED) is 0.691. The fourth-order valence-corrected chi connectivity index (χ4v) is 4.30. The van der Waals surface area contributed by atoms with E-state index in [0.29, 0.717) is 6.04 Å². The third-order valence-corrected chi connectivity index (χ3v) is 5.46. The standard InChI is InChI=1S/C18H18N2OS/c21-18-16-15(13-7-3-1-4-8-13)11-22-17(16)19-12-20(18)14-9-5-2-6-10-14/h1,3-4,7-8,11-12,14H,2,5-6,9-10H2. The smallest absolute Gasteiger partial charge is 0.262 e. The topological polar surface area (TPSA) is 34.9 Å². The van der Waals surface area contributed by atoms with Gasteiger partial charge in [0.2, 0.25) is 0 Å². The fourth-order valence-electron chi connectivity index (χ4n) is 3.40. The van der Waals surface area contributed by atoms with Crippen molar-refractivity contribution in [3.05, 3.63) is 52.4 Å². The van der Waals surface area contributed by atoms with Crippen LogP contribution < -0.4 is 5.56 Å². The molecule has 0 spiro atoms. The van der Waals surface area contributed by atoms with Crippen molar-refractivity contribution in [2.75, 3.05) is 0 Å². The lowest BCUT2D eigenvalue weighted by Crippen LogP contribution is -2.26. The second kappa shape index (κ2) is 5.69. The molecule has 3 nitrogen and oxygen atoms in total. The molecule has 3 aromatic rings. The van der Waals surface area contributed by atoms with Crippen LogP contribution in [0.3, 0.4) is 0 Å². The normalized spacial score (nSPS) is 16.2. The molecule has 0 unspecified atom stereocenters. The summed E-state index contributed by atoms with van der Waals surface area (Å²) in [6.45, 7) is 0. The monoisotopic (exact) mass is 310 g/mol. The highest BCUT2D eigenvalue weighted by Gasteiger charge is 2.19. The number of thiophene rings is 1. The van der Waals surface area contributed by atoms with Crippen LogP contribution in [-0.4, -0.2) is 9.55 Å². The summed E-state index contributed by atoms with van der Waals surface area (Å²) in [4.78, 5) is 18.4. The molecule has 1 fully saturated rings. The van der Waals surface area contributed by atoms with E-state index in [2.05, 4.69) is 22.5 Å². The van der Waals surface area contributed by atoms with Gasteiger partial charge in [0.05, 0.1) is 11.7 Å². The predicted molar refractivity (Wildman–Crippen MR) is 91.4 cm³/mol. The maximum absolute atomic E-state index is 13.0. The summed E-state index contributed by atoms with van der Waals surface area (Å²) in [7, 11) is 0. The van der Waals surface area contributed by atoms with Crippen molar-refractivity contribution in [2.45, 2.75) is 38.1 Å². The summed E-state index contributed by atoms with van der Waals surface area (Å²) in [5.74, 6) is 0. The Morgan fingerprint density at radius 1 is 1.09 bits per heavy atom. The first-order valence-corrected chi connectivity index (χ1v) is 8.76. The first kappa shape index (κ1) is 13.7. The van der Waals surface area contributed by atoms with Crippen LogP contribution >= 0.6 is 11.3 Å². The Kier molecular flexibility index (Phi) is 3.54. The van der Waals surface area contributed by atoms with E-state index >= 15 is 0 Å². The molecule has 0 saturated heterocycles. The fraction of sp³-hybridized carbons (Fsp3) is 0.333. The van der Waals surface area contributed by atoms with Crippen LogP contribution in [0.15, 0.2) is 46.8 Å². The number of fused-ring (bicyclic) bond motifs is 1. The molecule has 2 aromatic heterocycles. The van der Waals surface area contributed by atoms with Crippen LogP contribution in [0.5, 0.6) is 0 Å². The van der Waals surface area contributed by atoms with Crippen LogP contribution in [0.1, 0.15) is 38.1 Å². The highest BCUT2D eigenvalue weighted by Crippen LogP contribution is 2.32. The molecule has 1 aliphatic rings. The molecule has 4 heteroatoms. The van der Waals surface area contributed by atoms with Gasteiger partial charge in [-0.1, -0.05) is 49.6 Å². The van der Waals surface area contributed by atoms with E-state index in [9.17, 15) is 4.79 Å². The zero-order valence-corrected chi connectivity index (χ0v) is 13.2. The molecule has 1 aliphatic carbocycles. The average molecular weight is 310 g/mol. The molecule has 0 atom stereocenters. The van der Waals surface area contributed by atoms with Crippen molar-refractivity contribution >= 4 is 21.6 Å². The molecule has 1 saturated carbocycles. The molecule has 0 radical (unpaired) electrons. The summed E-state index contributed by atoms with van der Waals surface area (Å²) < 4.78 is 1.88. The van der Waals surface area contributed by atoms with Gasteiger partial charge in [0.15, 0.2) is 0 Å². The SMILES string of the molecule is O=c1c2c(-c3ccccc3)csc2ncn1C1CCCCC1. The maximum atomic E-state index is 13.0. The highest BCUT2D eigenvalue weighted by atomic mass is 32.1. The van der Waals surface area contributed by atoms with Crippen molar-refractivity contribution in [3.63, 3.8) is 0 Å². The van der Waals surface area contributed by atoms with E-state index in [-0.39, 0.29) is 5.56 Å². The molecule has 1 aromatic carbocycles. The zero-order valence-electron chi connectivity index (χ0n) is 12.4. The minimum absolute atomic E-state index is 0.122. The van der Waals surface area contributed by atoms with Crippen molar-refractivity contribution in [1.29, 1.82) is 0 Å². The minimum Gasteiger partial charge on any atom is -0.296 e. The second-order valence-electron chi connectivity index (χ2n) is 5.94. The van der Waals surface area contributed by atoms with E-state index in [1.165, 1.54) is 19.3 Å². The van der Waals surface area contributed by atoms with Crippen LogP contribution in [0, 0.1) is 0 Å². The number of aromatic nitrogens is 2. The second-order valence-corrected chi connectivity index (χ2v) is 6.80. The third kappa shape index (κ3) is 2.28. The molecule has 2 heterocycles. The van der Waals surface area contributed by atoms with E-state index < -0.39 is 0 Å². The lowest BCUT2D eigenvalue weighted by Gasteiger charge is -2.23. The van der Waals surface area contributed by atoms with Gasteiger partial charge < -0.3 is 0 Å². The molecule has 112 valence electrons. The van der Waals surface area contributed by atoms with Crippen molar-refractivity contribution in [1.82, 2.24) is 9.55 Å². The predicted octanol–water partition coefficient (Wildman–Crippen LogP) is 4.63. The van der Waals surface area contributed by atoms with Crippen LogP contribution in [0.2, 0.25) is 0 Å². The highest BCUT2D eigenvalue weighted by molar-refractivity contribution is 7.17. The Hall–Kier alpha value is -1.94. The minimum atomic E-state index is 0.122. The molecule has 22 heavy (non-hydrogen) atoms. The Balaban J connectivity index is 1.89. The molecule has 0 amide bonds. The molecular weight excluding hydrogens is 292 g/mol. The number of benzene rings is 1. The van der Waals surface area contributed by atoms with E-state index in [1.807, 2.05) is 22.8 Å². The molecule has 4 rings (SSSR count). The van der Waals surface area contributed by atoms with Crippen LogP contribution in [0.4, 0.5) is 0 Å². The summed E-state index contributed by atoms with van der Waals surface area (Å²) >= 11 is 1.55. The van der Waals surface area contributed by atoms with Crippen molar-refractivity contribution in [2.24, 2.45) is 0 Å². The Morgan fingerprint density at radius 2 is 1.86 bits per heavy atom. The lowest BCUT2D eigenvalue weighted by molar-refractivity contribution is 0.345. The van der Waals surface area contributed by atoms with Gasteiger partial charge in [0.1, 0.15) is 4.83 Å². The van der Waals surface area contributed by atoms with Gasteiger partial charge in [-0.3, -0.25) is 9.36 Å². The Morgan fingerprint density at radius 3 is 2.64 bits per heavy atom. The lowest BCUT2D eigenvalue weighted by atomic mass is 9.95. The first-order chi connectivity index (χ1) is 10.8. The van der Waals surface area contributed by atoms with E-state index in [0.717, 1.165) is 34.2 Å². The van der Waals surface area contributed by atoms with Gasteiger partial charge in [-0.25, -0.2) is 4.98 Å². The van der Waals surface area contributed by atoms with Crippen molar-refractivity contribution < 1.29 is 0 Å². The van der Waals surface area contributed by atoms with Crippen molar-refractivity contribution in [3.8, 4) is 11.1 Å². The Bertz CT molecular complexity index is 844. The van der Waals surface area contributed by atoms with Gasteiger partial charge in [0.25, 0.3) is 5.56 Å². The molecule has 0 N–H and O–H groups in total. The largest absolute Gasteiger partial charge is 0.296 e. The van der Waals surface area contributed by atoms with Crippen LogP contribution in [-0.2, 0) is 0 Å². The molecule has 0 aliphatic heterocycles. The zero-order chi connectivity index (χ0) is 14.9. The van der Waals surface area contributed by atoms with Gasteiger partial charge in [-0.05, 0) is 18.4 Å². The Labute approximate surface area is 133 Å². The van der Waals surface area contributed by atoms with Gasteiger partial charge in [-0.15, -0.1) is 11.3 Å². The summed E-state index contributed by atoms with van der Waals surface area (Å²) in [6, 6.07) is 10.4. The molecular formula is C18H18N2OS. The van der Waals surface area contributed by atoms with E-state index in [1.54, 1.807) is 17.7 Å². The number of hydrogen-bond donors (Lipinski definition) is 0. The number of nitrogens with zero attached hydrogens (tertiary/aromatic N) is 2.